The Morgan fingerprint density at radius 3 is 2.92 bits per heavy atom. The van der Waals surface area contributed by atoms with E-state index in [1.165, 1.54) is 12.1 Å². The first kappa shape index (κ1) is 14.4. The van der Waals surface area contributed by atoms with Gasteiger partial charge in [-0.3, -0.25) is 4.79 Å². The molecule has 0 saturated heterocycles. The summed E-state index contributed by atoms with van der Waals surface area (Å²) in [7, 11) is 0. The second kappa shape index (κ2) is 5.19. The van der Waals surface area contributed by atoms with Crippen LogP contribution in [0.25, 0.3) is 22.0 Å². The Kier molecular flexibility index (Phi) is 3.13. The zero-order chi connectivity index (χ0) is 16.8. The lowest BCUT2D eigenvalue weighted by Gasteiger charge is -2.06. The minimum absolute atomic E-state index is 0.328. The normalized spacial score (nSPS) is 11.3. The quantitative estimate of drug-likeness (QED) is 0.577. The van der Waals surface area contributed by atoms with Crippen LogP contribution in [0.5, 0.6) is 0 Å². The minimum Gasteiger partial charge on any atom is -0.439 e. The fourth-order valence-corrected chi connectivity index (χ4v) is 2.93. The number of para-hydroxylation sites is 1. The van der Waals surface area contributed by atoms with Gasteiger partial charge in [0.2, 0.25) is 0 Å². The zero-order valence-corrected chi connectivity index (χ0v) is 13.1. The van der Waals surface area contributed by atoms with Gasteiger partial charge in [0, 0.05) is 23.5 Å². The number of aromatic nitrogens is 2. The molecule has 2 aromatic heterocycles. The van der Waals surface area contributed by atoms with Crippen LogP contribution >= 0.6 is 0 Å². The highest BCUT2D eigenvalue weighted by atomic mass is 19.1. The molecule has 0 spiro atoms. The van der Waals surface area contributed by atoms with E-state index in [9.17, 15) is 9.18 Å². The summed E-state index contributed by atoms with van der Waals surface area (Å²) in [4.78, 5) is 20.1. The molecule has 4 aromatic rings. The first-order valence-electron chi connectivity index (χ1n) is 7.48. The predicted molar refractivity (Wildman–Crippen MR) is 89.7 cm³/mol. The molecule has 0 aliphatic rings. The Morgan fingerprint density at radius 2 is 2.08 bits per heavy atom. The van der Waals surface area contributed by atoms with Gasteiger partial charge in [0.1, 0.15) is 11.3 Å². The Morgan fingerprint density at radius 1 is 1.25 bits per heavy atom. The van der Waals surface area contributed by atoms with Crippen LogP contribution in [-0.2, 0) is 0 Å². The van der Waals surface area contributed by atoms with Crippen molar-refractivity contribution >= 4 is 33.6 Å². The van der Waals surface area contributed by atoms with Crippen molar-refractivity contribution in [3.63, 3.8) is 0 Å². The van der Waals surface area contributed by atoms with E-state index in [1.54, 1.807) is 32.0 Å². The lowest BCUT2D eigenvalue weighted by Crippen LogP contribution is -2.13. The highest BCUT2D eigenvalue weighted by molar-refractivity contribution is 6.15. The molecule has 0 bridgehead atoms. The van der Waals surface area contributed by atoms with Gasteiger partial charge in [-0.2, -0.15) is 0 Å². The molecule has 2 N–H and O–H groups in total. The Hall–Kier alpha value is -3.15. The molecule has 0 aliphatic carbocycles. The maximum absolute atomic E-state index is 13.6. The Balaban J connectivity index is 1.79. The SMILES string of the molecule is Cc1nc2cccc(NC(=O)c3c(C)[nH]c4ccc(F)cc34)c2o1. The number of aromatic amines is 1. The van der Waals surface area contributed by atoms with E-state index in [-0.39, 0.29) is 11.7 Å². The number of hydrogen-bond donors (Lipinski definition) is 2. The molecule has 1 amide bonds. The number of benzene rings is 2. The summed E-state index contributed by atoms with van der Waals surface area (Å²) in [6, 6.07) is 9.69. The van der Waals surface area contributed by atoms with E-state index in [2.05, 4.69) is 15.3 Å². The van der Waals surface area contributed by atoms with Crippen molar-refractivity contribution in [2.24, 2.45) is 0 Å². The van der Waals surface area contributed by atoms with Crippen molar-refractivity contribution in [1.82, 2.24) is 9.97 Å². The van der Waals surface area contributed by atoms with Crippen molar-refractivity contribution in [3.8, 4) is 0 Å². The van der Waals surface area contributed by atoms with E-state index in [0.29, 0.717) is 44.8 Å². The average molecular weight is 323 g/mol. The molecule has 4 rings (SSSR count). The van der Waals surface area contributed by atoms with Crippen LogP contribution in [0.2, 0.25) is 0 Å². The number of H-pyrrole nitrogens is 1. The van der Waals surface area contributed by atoms with Gasteiger partial charge in [-0.05, 0) is 37.3 Å². The summed E-state index contributed by atoms with van der Waals surface area (Å²) in [5.74, 6) is -0.188. The summed E-state index contributed by atoms with van der Waals surface area (Å²) < 4.78 is 19.1. The fourth-order valence-electron chi connectivity index (χ4n) is 2.93. The summed E-state index contributed by atoms with van der Waals surface area (Å²) in [5, 5.41) is 3.39. The first-order valence-corrected chi connectivity index (χ1v) is 7.48. The molecular weight excluding hydrogens is 309 g/mol. The summed E-state index contributed by atoms with van der Waals surface area (Å²) in [6.07, 6.45) is 0. The van der Waals surface area contributed by atoms with E-state index in [1.807, 2.05) is 6.07 Å². The predicted octanol–water partition coefficient (Wildman–Crippen LogP) is 4.32. The van der Waals surface area contributed by atoms with Crippen molar-refractivity contribution < 1.29 is 13.6 Å². The number of carbonyl (C=O) groups is 1. The van der Waals surface area contributed by atoms with E-state index >= 15 is 0 Å². The van der Waals surface area contributed by atoms with Crippen molar-refractivity contribution in [1.29, 1.82) is 0 Å². The molecule has 0 aliphatic heterocycles. The van der Waals surface area contributed by atoms with Crippen molar-refractivity contribution in [2.45, 2.75) is 13.8 Å². The number of halogens is 1. The van der Waals surface area contributed by atoms with E-state index in [4.69, 9.17) is 4.42 Å². The number of nitrogens with zero attached hydrogens (tertiary/aromatic N) is 1. The number of hydrogen-bond acceptors (Lipinski definition) is 3. The average Bonchev–Trinajstić information content (AvgIpc) is 3.06. The topological polar surface area (TPSA) is 70.9 Å². The van der Waals surface area contributed by atoms with Gasteiger partial charge in [-0.1, -0.05) is 6.07 Å². The molecule has 24 heavy (non-hydrogen) atoms. The van der Waals surface area contributed by atoms with Gasteiger partial charge in [-0.15, -0.1) is 0 Å². The van der Waals surface area contributed by atoms with Gasteiger partial charge in [0.15, 0.2) is 11.5 Å². The van der Waals surface area contributed by atoms with Gasteiger partial charge in [0.05, 0.1) is 11.3 Å². The molecule has 2 heterocycles. The highest BCUT2D eigenvalue weighted by Crippen LogP contribution is 2.27. The van der Waals surface area contributed by atoms with E-state index in [0.717, 1.165) is 0 Å². The van der Waals surface area contributed by atoms with Crippen LogP contribution in [0.1, 0.15) is 21.9 Å². The van der Waals surface area contributed by atoms with Crippen LogP contribution in [0, 0.1) is 19.7 Å². The van der Waals surface area contributed by atoms with Gasteiger partial charge in [-0.25, -0.2) is 9.37 Å². The van der Waals surface area contributed by atoms with Crippen molar-refractivity contribution in [2.75, 3.05) is 5.32 Å². The molecule has 0 saturated carbocycles. The van der Waals surface area contributed by atoms with Gasteiger partial charge >= 0.3 is 0 Å². The highest BCUT2D eigenvalue weighted by Gasteiger charge is 2.18. The van der Waals surface area contributed by atoms with Crippen LogP contribution in [-0.4, -0.2) is 15.9 Å². The monoisotopic (exact) mass is 323 g/mol. The standard InChI is InChI=1S/C18H14FN3O2/c1-9-16(12-8-11(19)6-7-13(12)20-9)18(23)22-15-5-3-4-14-17(15)24-10(2)21-14/h3-8,20H,1-2H3,(H,22,23). The Labute approximate surface area is 136 Å². The number of aryl methyl sites for hydroxylation is 2. The number of amides is 1. The largest absolute Gasteiger partial charge is 0.439 e. The minimum atomic E-state index is -0.386. The third-order valence-electron chi connectivity index (χ3n) is 3.95. The molecule has 6 heteroatoms. The fraction of sp³-hybridized carbons (Fsp3) is 0.111. The number of carbonyl (C=O) groups excluding carboxylic acids is 1. The lowest BCUT2D eigenvalue weighted by molar-refractivity contribution is 0.102. The second-order valence-electron chi connectivity index (χ2n) is 5.66. The van der Waals surface area contributed by atoms with Crippen LogP contribution in [0.15, 0.2) is 40.8 Å². The number of anilines is 1. The molecule has 2 aromatic carbocycles. The third kappa shape index (κ3) is 2.23. The molecule has 0 unspecified atom stereocenters. The maximum atomic E-state index is 13.6. The molecule has 0 radical (unpaired) electrons. The van der Waals surface area contributed by atoms with Crippen LogP contribution in [0.3, 0.4) is 0 Å². The zero-order valence-electron chi connectivity index (χ0n) is 13.1. The molecule has 0 atom stereocenters. The summed E-state index contributed by atoms with van der Waals surface area (Å²) >= 11 is 0. The molecule has 120 valence electrons. The first-order chi connectivity index (χ1) is 11.5. The summed E-state index contributed by atoms with van der Waals surface area (Å²) in [6.45, 7) is 3.53. The van der Waals surface area contributed by atoms with Crippen molar-refractivity contribution in [3.05, 3.63) is 59.4 Å². The van der Waals surface area contributed by atoms with E-state index < -0.39 is 0 Å². The summed E-state index contributed by atoms with van der Waals surface area (Å²) in [5.41, 5.74) is 3.53. The third-order valence-corrected chi connectivity index (χ3v) is 3.95. The van der Waals surface area contributed by atoms with Gasteiger partial charge < -0.3 is 14.7 Å². The lowest BCUT2D eigenvalue weighted by atomic mass is 10.1. The van der Waals surface area contributed by atoms with Crippen LogP contribution < -0.4 is 5.32 Å². The smallest absolute Gasteiger partial charge is 0.258 e. The number of nitrogens with one attached hydrogen (secondary N) is 2. The number of fused-ring (bicyclic) bond motifs is 2. The van der Waals surface area contributed by atoms with Gasteiger partial charge in [0.25, 0.3) is 5.91 Å². The van der Waals surface area contributed by atoms with Crippen LogP contribution in [0.4, 0.5) is 10.1 Å². The second-order valence-corrected chi connectivity index (χ2v) is 5.66. The number of rotatable bonds is 2. The molecule has 5 nitrogen and oxygen atoms in total. The number of oxazole rings is 1. The molecule has 0 fully saturated rings. The molecular formula is C18H14FN3O2. The Bertz CT molecular complexity index is 1090. The maximum Gasteiger partial charge on any atom is 0.258 e.